The Hall–Kier alpha value is -7.31. The lowest BCUT2D eigenvalue weighted by molar-refractivity contribution is -0.152. The van der Waals surface area contributed by atoms with Crippen molar-refractivity contribution in [3.8, 4) is 0 Å². The van der Waals surface area contributed by atoms with Gasteiger partial charge in [-0.15, -0.1) is 0 Å². The molecule has 3 N–H and O–H groups in total. The van der Waals surface area contributed by atoms with Crippen molar-refractivity contribution in [1.29, 1.82) is 0 Å². The number of carbonyl (C=O) groups is 11. The molecule has 1 saturated carbocycles. The average molecular weight is 1310 g/mol. The Balaban J connectivity index is 1.57. The second kappa shape index (κ2) is 32.5. The Morgan fingerprint density at radius 3 is 1.82 bits per heavy atom. The lowest BCUT2D eigenvalue weighted by atomic mass is 9.91. The van der Waals surface area contributed by atoms with E-state index in [-0.39, 0.29) is 63.8 Å². The second-order valence-electron chi connectivity index (χ2n) is 26.4. The number of halogens is 4. The summed E-state index contributed by atoms with van der Waals surface area (Å²) in [5.74, 6) is -8.06. The van der Waals surface area contributed by atoms with Crippen LogP contribution in [-0.4, -0.2) is 228 Å². The zero-order chi connectivity index (χ0) is 69.0. The van der Waals surface area contributed by atoms with Gasteiger partial charge in [0.1, 0.15) is 41.8 Å². The van der Waals surface area contributed by atoms with E-state index in [4.69, 9.17) is 11.6 Å². The number of likely N-dealkylation sites (N-methyl/N-ethyl adjacent to an activating group) is 7. The summed E-state index contributed by atoms with van der Waals surface area (Å²) < 4.78 is 41.3. The molecule has 2 heterocycles. The van der Waals surface area contributed by atoms with E-state index in [1.807, 2.05) is 39.8 Å². The number of nitrogens with one attached hydrogen (secondary N) is 3. The highest BCUT2D eigenvalue weighted by Crippen LogP contribution is 2.36. The molecule has 92 heavy (non-hydrogen) atoms. The van der Waals surface area contributed by atoms with Gasteiger partial charge in [0, 0.05) is 74.8 Å². The van der Waals surface area contributed by atoms with Crippen LogP contribution in [0.15, 0.2) is 42.5 Å². The van der Waals surface area contributed by atoms with Crippen LogP contribution in [0.2, 0.25) is 5.02 Å². The normalized spacial score (nSPS) is 24.9. The monoisotopic (exact) mass is 1310 g/mol. The van der Waals surface area contributed by atoms with E-state index in [2.05, 4.69) is 16.0 Å². The number of hydrogen-bond donors (Lipinski definition) is 3. The van der Waals surface area contributed by atoms with Crippen molar-refractivity contribution in [3.63, 3.8) is 0 Å². The number of hydrogen-bond acceptors (Lipinski definition) is 11. The van der Waals surface area contributed by atoms with Crippen LogP contribution in [0.4, 0.5) is 13.2 Å². The van der Waals surface area contributed by atoms with E-state index >= 15 is 9.59 Å². The molecule has 0 aromatic heterocycles. The molecule has 2 aromatic rings. The van der Waals surface area contributed by atoms with E-state index in [1.54, 1.807) is 39.8 Å². The summed E-state index contributed by atoms with van der Waals surface area (Å²) in [7, 11) is 9.94. The number of rotatable bonds is 10. The van der Waals surface area contributed by atoms with E-state index < -0.39 is 161 Å². The number of aryl methyl sites for hydroxylation is 2. The van der Waals surface area contributed by atoms with Crippen LogP contribution in [0, 0.1) is 24.7 Å². The maximum atomic E-state index is 15.1. The standard InChI is InChI=1S/C66H97ClF3N11O11/c1-16-42(7)56-62(90)76(11)37-54(84)74(9)38-55(85)79(14)51(35-45-23-21-41(6)22-24-45)61(89)75(10)36-52(82)71-48(28-26-44-25-27-46(47(67)34-44)66(68,69)70)60(88)81-31-19-20-49(81)59(87)73-65(29-17-18-30-65)64(92)80(15)57(40(4)5)63(91)77(12)43(8)33-53(83)78(13)50(32-39(2)3)58(86)72-56/h21-25,27,34,39-40,42-43,48-51,56-57H,16-20,26,28-33,35-38H2,1-15H3,(H,71,82)(H,72,86)(H,73,87)/t42-,43+,48-,49?,50-,51-,56-,57-/m0/s1. The van der Waals surface area contributed by atoms with Crippen LogP contribution in [0.3, 0.4) is 0 Å². The molecule has 11 amide bonds. The number of amides is 11. The van der Waals surface area contributed by atoms with Gasteiger partial charge in [-0.05, 0) is 99.8 Å². The minimum Gasteiger partial charge on any atom is -0.343 e. The van der Waals surface area contributed by atoms with Crippen LogP contribution in [0.5, 0.6) is 0 Å². The van der Waals surface area contributed by atoms with E-state index in [1.165, 1.54) is 75.0 Å². The van der Waals surface area contributed by atoms with Gasteiger partial charge in [0.25, 0.3) is 0 Å². The Morgan fingerprint density at radius 2 is 1.24 bits per heavy atom. The first-order valence-electron chi connectivity index (χ1n) is 31.9. The molecule has 3 fully saturated rings. The highest BCUT2D eigenvalue weighted by atomic mass is 35.5. The Labute approximate surface area is 544 Å². The quantitative estimate of drug-likeness (QED) is 0.283. The average Bonchev–Trinajstić information content (AvgIpc) is 1.50. The fourth-order valence-electron chi connectivity index (χ4n) is 12.4. The lowest BCUT2D eigenvalue weighted by Gasteiger charge is -2.41. The lowest BCUT2D eigenvalue weighted by Crippen LogP contribution is -2.64. The number of benzene rings is 2. The first-order chi connectivity index (χ1) is 42.9. The smallest absolute Gasteiger partial charge is 0.343 e. The maximum Gasteiger partial charge on any atom is 0.417 e. The molecule has 3 aliphatic rings. The van der Waals surface area contributed by atoms with Crippen molar-refractivity contribution < 1.29 is 65.9 Å². The fraction of sp³-hybridized carbons (Fsp3) is 0.652. The Bertz CT molecular complexity index is 3020. The molecule has 1 spiro atoms. The number of carbonyl (C=O) groups excluding carboxylic acids is 11. The summed E-state index contributed by atoms with van der Waals surface area (Å²) in [4.78, 5) is 170. The third-order valence-corrected chi connectivity index (χ3v) is 18.8. The molecule has 2 aliphatic heterocycles. The largest absolute Gasteiger partial charge is 0.417 e. The summed E-state index contributed by atoms with van der Waals surface area (Å²) in [5.41, 5.74) is -0.722. The third kappa shape index (κ3) is 18.9. The van der Waals surface area contributed by atoms with Gasteiger partial charge in [0.05, 0.1) is 30.2 Å². The van der Waals surface area contributed by atoms with Crippen molar-refractivity contribution in [2.45, 2.75) is 186 Å². The van der Waals surface area contributed by atoms with Gasteiger partial charge in [-0.1, -0.05) is 108 Å². The molecule has 2 aromatic carbocycles. The molecule has 2 saturated heterocycles. The molecule has 8 atom stereocenters. The van der Waals surface area contributed by atoms with Gasteiger partial charge in [-0.3, -0.25) is 52.7 Å². The van der Waals surface area contributed by atoms with Crippen molar-refractivity contribution in [3.05, 3.63) is 69.7 Å². The molecule has 26 heteroatoms. The molecule has 22 nitrogen and oxygen atoms in total. The molecular formula is C66H97ClF3N11O11. The summed E-state index contributed by atoms with van der Waals surface area (Å²) in [5, 5.41) is 8.04. The van der Waals surface area contributed by atoms with Crippen LogP contribution in [0.1, 0.15) is 135 Å². The van der Waals surface area contributed by atoms with Gasteiger partial charge < -0.3 is 55.1 Å². The first kappa shape index (κ1) is 75.4. The van der Waals surface area contributed by atoms with E-state index in [0.717, 1.165) is 37.3 Å². The van der Waals surface area contributed by atoms with Crippen molar-refractivity contribution in [2.75, 3.05) is 75.5 Å². The number of nitrogens with zero attached hydrogens (tertiary/aromatic N) is 8. The highest BCUT2D eigenvalue weighted by Gasteiger charge is 2.50. The molecule has 1 aliphatic carbocycles. The molecule has 0 bridgehead atoms. The predicted molar refractivity (Wildman–Crippen MR) is 341 cm³/mol. The molecular weight excluding hydrogens is 1220 g/mol. The second-order valence-corrected chi connectivity index (χ2v) is 26.8. The summed E-state index contributed by atoms with van der Waals surface area (Å²) in [6, 6.07) is 2.40. The van der Waals surface area contributed by atoms with E-state index in [9.17, 15) is 56.3 Å². The van der Waals surface area contributed by atoms with Crippen LogP contribution in [0.25, 0.3) is 0 Å². The Kier molecular flexibility index (Phi) is 26.6. The SMILES string of the molecule is CC[C@H](C)[C@@H]1NC(=O)[C@H](CC(C)C)N(C)C(=O)C[C@@H](C)N(C)C(=O)[C@H](C(C)C)N(C)C(=O)C2(CCCC2)NC(=O)C2CCCN2C(=O)[C@H](CCc2ccc(C(F)(F)F)c(Cl)c2)NC(=O)CN(C)C(=O)[C@H](Cc2ccc(C)cc2)N(C)C(=O)CN(C)C(=O)CN(C)C1=O. The fourth-order valence-corrected chi connectivity index (χ4v) is 12.7. The summed E-state index contributed by atoms with van der Waals surface area (Å²) in [6.07, 6.45) is -2.71. The number of alkyl halides is 3. The highest BCUT2D eigenvalue weighted by molar-refractivity contribution is 6.31. The maximum absolute atomic E-state index is 15.1. The van der Waals surface area contributed by atoms with Crippen molar-refractivity contribution >= 4 is 76.6 Å². The summed E-state index contributed by atoms with van der Waals surface area (Å²) >= 11 is 6.11. The van der Waals surface area contributed by atoms with Crippen molar-refractivity contribution in [2.24, 2.45) is 17.8 Å². The van der Waals surface area contributed by atoms with Gasteiger partial charge in [-0.2, -0.15) is 13.2 Å². The zero-order valence-electron chi connectivity index (χ0n) is 56.2. The van der Waals surface area contributed by atoms with Gasteiger partial charge in [0.2, 0.25) is 65.0 Å². The van der Waals surface area contributed by atoms with Gasteiger partial charge >= 0.3 is 6.18 Å². The molecule has 0 radical (unpaired) electrons. The van der Waals surface area contributed by atoms with Crippen LogP contribution < -0.4 is 16.0 Å². The first-order valence-corrected chi connectivity index (χ1v) is 32.2. The minimum atomic E-state index is -4.75. The molecule has 1 unspecified atom stereocenters. The van der Waals surface area contributed by atoms with Gasteiger partial charge in [0.15, 0.2) is 0 Å². The number of fused-ring (bicyclic) bond motifs is 1. The molecule has 5 rings (SSSR count). The van der Waals surface area contributed by atoms with Crippen LogP contribution in [-0.2, 0) is 71.8 Å². The molecule has 510 valence electrons. The van der Waals surface area contributed by atoms with E-state index in [0.29, 0.717) is 36.8 Å². The third-order valence-electron chi connectivity index (χ3n) is 18.5. The predicted octanol–water partition coefficient (Wildman–Crippen LogP) is 5.09. The van der Waals surface area contributed by atoms with Crippen molar-refractivity contribution in [1.82, 2.24) is 55.1 Å². The zero-order valence-corrected chi connectivity index (χ0v) is 57.0. The minimum absolute atomic E-state index is 0.0435. The Morgan fingerprint density at radius 1 is 0.652 bits per heavy atom. The topological polar surface area (TPSA) is 250 Å². The summed E-state index contributed by atoms with van der Waals surface area (Å²) in [6.45, 7) is 12.7. The van der Waals surface area contributed by atoms with Gasteiger partial charge in [-0.25, -0.2) is 0 Å². The van der Waals surface area contributed by atoms with Crippen LogP contribution >= 0.6 is 11.6 Å².